The highest BCUT2D eigenvalue weighted by Gasteiger charge is 2.22. The SMILES string of the molecule is CCNC(=NCCc1cccc(O)c1)N1CCc2ccccc21. The van der Waals surface area contributed by atoms with Crippen molar-refractivity contribution in [2.24, 2.45) is 4.99 Å². The Labute approximate surface area is 137 Å². The lowest BCUT2D eigenvalue weighted by molar-refractivity contribution is 0.474. The molecular weight excluding hydrogens is 286 g/mol. The molecule has 4 nitrogen and oxygen atoms in total. The van der Waals surface area contributed by atoms with E-state index in [1.54, 1.807) is 12.1 Å². The monoisotopic (exact) mass is 309 g/mol. The van der Waals surface area contributed by atoms with Gasteiger partial charge in [0.15, 0.2) is 5.96 Å². The van der Waals surface area contributed by atoms with Crippen LogP contribution in [-0.2, 0) is 12.8 Å². The van der Waals surface area contributed by atoms with Gasteiger partial charge >= 0.3 is 0 Å². The van der Waals surface area contributed by atoms with Gasteiger partial charge in [0.1, 0.15) is 5.75 Å². The highest BCUT2D eigenvalue weighted by molar-refractivity contribution is 5.97. The number of benzene rings is 2. The standard InChI is InChI=1S/C19H23N3O/c1-2-20-19(21-12-10-15-6-5-8-17(23)14-15)22-13-11-16-7-3-4-9-18(16)22/h3-9,14,23H,2,10-13H2,1H3,(H,20,21). The Balaban J connectivity index is 1.72. The third-order valence-electron chi connectivity index (χ3n) is 4.05. The molecule has 0 unspecified atom stereocenters. The molecule has 0 saturated carbocycles. The van der Waals surface area contributed by atoms with Crippen LogP contribution in [0.1, 0.15) is 18.1 Å². The van der Waals surface area contributed by atoms with Gasteiger partial charge in [-0.3, -0.25) is 4.99 Å². The average Bonchev–Trinajstić information content (AvgIpc) is 2.98. The molecule has 1 heterocycles. The number of para-hydroxylation sites is 1. The second-order valence-electron chi connectivity index (χ2n) is 5.69. The Kier molecular flexibility index (Phi) is 4.81. The highest BCUT2D eigenvalue weighted by atomic mass is 16.3. The molecule has 0 amide bonds. The predicted molar refractivity (Wildman–Crippen MR) is 95.3 cm³/mol. The van der Waals surface area contributed by atoms with Crippen molar-refractivity contribution < 1.29 is 5.11 Å². The van der Waals surface area contributed by atoms with Gasteiger partial charge in [-0.05, 0) is 49.1 Å². The van der Waals surface area contributed by atoms with Crippen LogP contribution in [0.2, 0.25) is 0 Å². The van der Waals surface area contributed by atoms with E-state index in [9.17, 15) is 5.11 Å². The lowest BCUT2D eigenvalue weighted by Gasteiger charge is -2.22. The van der Waals surface area contributed by atoms with Gasteiger partial charge < -0.3 is 15.3 Å². The lowest BCUT2D eigenvalue weighted by atomic mass is 10.1. The molecule has 4 heteroatoms. The van der Waals surface area contributed by atoms with E-state index in [1.807, 2.05) is 12.1 Å². The van der Waals surface area contributed by atoms with Gasteiger partial charge in [0.2, 0.25) is 0 Å². The number of hydrogen-bond donors (Lipinski definition) is 2. The van der Waals surface area contributed by atoms with Crippen molar-refractivity contribution in [2.75, 3.05) is 24.5 Å². The summed E-state index contributed by atoms with van der Waals surface area (Å²) in [5.74, 6) is 1.25. The molecule has 1 aliphatic heterocycles. The van der Waals surface area contributed by atoms with Crippen LogP contribution >= 0.6 is 0 Å². The molecule has 120 valence electrons. The second kappa shape index (κ2) is 7.18. The summed E-state index contributed by atoms with van der Waals surface area (Å²) in [6.45, 7) is 4.61. The molecule has 2 aromatic rings. The van der Waals surface area contributed by atoms with E-state index >= 15 is 0 Å². The minimum absolute atomic E-state index is 0.312. The highest BCUT2D eigenvalue weighted by Crippen LogP contribution is 2.27. The topological polar surface area (TPSA) is 47.9 Å². The van der Waals surface area contributed by atoms with E-state index in [0.717, 1.165) is 37.5 Å². The van der Waals surface area contributed by atoms with Gasteiger partial charge in [0, 0.05) is 25.3 Å². The number of aliphatic imine (C=N–C) groups is 1. The first kappa shape index (κ1) is 15.4. The summed E-state index contributed by atoms with van der Waals surface area (Å²) in [5.41, 5.74) is 3.74. The zero-order valence-corrected chi connectivity index (χ0v) is 13.5. The van der Waals surface area contributed by atoms with Crippen molar-refractivity contribution in [3.8, 4) is 5.75 Å². The van der Waals surface area contributed by atoms with Crippen molar-refractivity contribution >= 4 is 11.6 Å². The fraction of sp³-hybridized carbons (Fsp3) is 0.316. The molecule has 0 aliphatic carbocycles. The van der Waals surface area contributed by atoms with E-state index in [-0.39, 0.29) is 0 Å². The number of hydrogen-bond acceptors (Lipinski definition) is 2. The Bertz CT molecular complexity index is 697. The minimum Gasteiger partial charge on any atom is -0.508 e. The van der Waals surface area contributed by atoms with Crippen LogP contribution in [0, 0.1) is 0 Å². The number of guanidine groups is 1. The van der Waals surface area contributed by atoms with Crippen LogP contribution in [0.5, 0.6) is 5.75 Å². The van der Waals surface area contributed by atoms with Crippen molar-refractivity contribution in [3.05, 3.63) is 59.7 Å². The van der Waals surface area contributed by atoms with Crippen LogP contribution in [0.3, 0.4) is 0 Å². The van der Waals surface area contributed by atoms with Crippen molar-refractivity contribution in [2.45, 2.75) is 19.8 Å². The molecule has 1 aliphatic rings. The van der Waals surface area contributed by atoms with Gasteiger partial charge in [-0.15, -0.1) is 0 Å². The summed E-state index contributed by atoms with van der Waals surface area (Å²) in [4.78, 5) is 7.03. The summed E-state index contributed by atoms with van der Waals surface area (Å²) < 4.78 is 0. The molecule has 0 fully saturated rings. The van der Waals surface area contributed by atoms with E-state index in [1.165, 1.54) is 11.3 Å². The van der Waals surface area contributed by atoms with Crippen molar-refractivity contribution in [1.82, 2.24) is 5.32 Å². The van der Waals surface area contributed by atoms with Gasteiger partial charge in [0.05, 0.1) is 0 Å². The fourth-order valence-corrected chi connectivity index (χ4v) is 2.96. The number of anilines is 1. The van der Waals surface area contributed by atoms with E-state index in [0.29, 0.717) is 12.3 Å². The number of aromatic hydroxyl groups is 1. The number of phenolic OH excluding ortho intramolecular Hbond substituents is 1. The molecule has 2 aromatic carbocycles. The second-order valence-corrected chi connectivity index (χ2v) is 5.69. The largest absolute Gasteiger partial charge is 0.508 e. The molecular formula is C19H23N3O. The maximum Gasteiger partial charge on any atom is 0.198 e. The normalized spacial score (nSPS) is 14.0. The molecule has 0 spiro atoms. The number of rotatable bonds is 4. The Morgan fingerprint density at radius 2 is 2.09 bits per heavy atom. The van der Waals surface area contributed by atoms with E-state index in [4.69, 9.17) is 4.99 Å². The van der Waals surface area contributed by atoms with Crippen LogP contribution in [0.15, 0.2) is 53.5 Å². The summed E-state index contributed by atoms with van der Waals surface area (Å²) >= 11 is 0. The van der Waals surface area contributed by atoms with Crippen LogP contribution < -0.4 is 10.2 Å². The molecule has 0 radical (unpaired) electrons. The summed E-state index contributed by atoms with van der Waals surface area (Å²) in [6, 6.07) is 15.9. The van der Waals surface area contributed by atoms with Crippen molar-refractivity contribution in [1.29, 1.82) is 0 Å². The molecule has 0 aromatic heterocycles. The molecule has 2 N–H and O–H groups in total. The number of phenols is 1. The van der Waals surface area contributed by atoms with Crippen LogP contribution in [-0.4, -0.2) is 30.7 Å². The molecule has 23 heavy (non-hydrogen) atoms. The van der Waals surface area contributed by atoms with E-state index in [2.05, 4.69) is 41.4 Å². The Morgan fingerprint density at radius 3 is 2.91 bits per heavy atom. The van der Waals surface area contributed by atoms with Gasteiger partial charge in [-0.25, -0.2) is 0 Å². The summed E-state index contributed by atoms with van der Waals surface area (Å²) in [6.07, 6.45) is 1.88. The molecule has 0 bridgehead atoms. The van der Waals surface area contributed by atoms with E-state index < -0.39 is 0 Å². The summed E-state index contributed by atoms with van der Waals surface area (Å²) in [7, 11) is 0. The Morgan fingerprint density at radius 1 is 1.22 bits per heavy atom. The third-order valence-corrected chi connectivity index (χ3v) is 4.05. The predicted octanol–water partition coefficient (Wildman–Crippen LogP) is 2.96. The number of nitrogens with one attached hydrogen (secondary N) is 1. The summed E-state index contributed by atoms with van der Waals surface area (Å²) in [5, 5.41) is 12.9. The average molecular weight is 309 g/mol. The van der Waals surface area contributed by atoms with Gasteiger partial charge in [0.25, 0.3) is 0 Å². The molecule has 3 rings (SSSR count). The quantitative estimate of drug-likeness (QED) is 0.674. The molecule has 0 saturated heterocycles. The van der Waals surface area contributed by atoms with Crippen LogP contribution in [0.4, 0.5) is 5.69 Å². The lowest BCUT2D eigenvalue weighted by Crippen LogP contribution is -2.40. The van der Waals surface area contributed by atoms with Gasteiger partial charge in [-0.2, -0.15) is 0 Å². The molecule has 0 atom stereocenters. The first-order valence-electron chi connectivity index (χ1n) is 8.19. The maximum absolute atomic E-state index is 9.53. The fourth-order valence-electron chi connectivity index (χ4n) is 2.96. The third kappa shape index (κ3) is 3.65. The first-order chi connectivity index (χ1) is 11.3. The first-order valence-corrected chi connectivity index (χ1v) is 8.19. The maximum atomic E-state index is 9.53. The minimum atomic E-state index is 0.312. The number of fused-ring (bicyclic) bond motifs is 1. The Hall–Kier alpha value is -2.49. The van der Waals surface area contributed by atoms with Crippen LogP contribution in [0.25, 0.3) is 0 Å². The zero-order chi connectivity index (χ0) is 16.1. The van der Waals surface area contributed by atoms with Gasteiger partial charge in [-0.1, -0.05) is 30.3 Å². The zero-order valence-electron chi connectivity index (χ0n) is 13.5. The smallest absolute Gasteiger partial charge is 0.198 e. The number of nitrogens with zero attached hydrogens (tertiary/aromatic N) is 2. The van der Waals surface area contributed by atoms with Crippen molar-refractivity contribution in [3.63, 3.8) is 0 Å².